The molecular weight excluding hydrogens is 729 g/mol. The lowest BCUT2D eigenvalue weighted by Crippen LogP contribution is -2.65. The molecule has 0 radical (unpaired) electrons. The fourth-order valence-electron chi connectivity index (χ4n) is 7.25. The maximum Gasteiger partial charge on any atom is 0.302 e. The van der Waals surface area contributed by atoms with Gasteiger partial charge >= 0.3 is 5.97 Å². The van der Waals surface area contributed by atoms with Gasteiger partial charge < -0.3 is 33.5 Å². The van der Waals surface area contributed by atoms with Gasteiger partial charge in [-0.2, -0.15) is 0 Å². The molecule has 1 N–H and O–H groups in total. The summed E-state index contributed by atoms with van der Waals surface area (Å²) >= 11 is 0. The van der Waals surface area contributed by atoms with Crippen LogP contribution in [0.25, 0.3) is 0 Å². The SMILES string of the molecule is C=CCOCCCCc1ccc(Cc2cc([C@]3(O)O[C@H](COC(C)=O)[C@@H](OCc4ccccc4)[C@H](OCc4ccccc4)[C@H]3OCc3ccccc3)ccc2C)cc1. The molecule has 5 aromatic carbocycles. The number of aryl methyl sites for hydroxylation is 2. The largest absolute Gasteiger partial charge is 0.463 e. The molecule has 5 aromatic rings. The van der Waals surface area contributed by atoms with Crippen molar-refractivity contribution in [2.45, 2.75) is 89.6 Å². The van der Waals surface area contributed by atoms with E-state index in [-0.39, 0.29) is 26.4 Å². The van der Waals surface area contributed by atoms with Crippen molar-refractivity contribution < 1.29 is 38.3 Å². The smallest absolute Gasteiger partial charge is 0.302 e. The first-order chi connectivity index (χ1) is 28.3. The Bertz CT molecular complexity index is 1990. The molecular formula is C50H56O8. The maximum absolute atomic E-state index is 13.1. The molecule has 304 valence electrons. The molecule has 0 unspecified atom stereocenters. The molecule has 0 bridgehead atoms. The molecule has 0 saturated carbocycles. The van der Waals surface area contributed by atoms with Crippen molar-refractivity contribution >= 4 is 5.97 Å². The average Bonchev–Trinajstić information content (AvgIpc) is 3.25. The topological polar surface area (TPSA) is 92.7 Å². The number of aliphatic hydroxyl groups is 1. The minimum absolute atomic E-state index is 0.166. The summed E-state index contributed by atoms with van der Waals surface area (Å²) in [7, 11) is 0. The number of rotatable bonds is 21. The monoisotopic (exact) mass is 784 g/mol. The van der Waals surface area contributed by atoms with E-state index in [0.717, 1.165) is 59.3 Å². The molecule has 8 nitrogen and oxygen atoms in total. The van der Waals surface area contributed by atoms with Gasteiger partial charge in [-0.15, -0.1) is 6.58 Å². The van der Waals surface area contributed by atoms with Crippen LogP contribution >= 0.6 is 0 Å². The Labute approximate surface area is 343 Å². The van der Waals surface area contributed by atoms with Gasteiger partial charge in [0.05, 0.1) is 26.4 Å². The second-order valence-electron chi connectivity index (χ2n) is 14.9. The Morgan fingerprint density at radius 1 is 0.724 bits per heavy atom. The molecule has 1 aliphatic rings. The minimum atomic E-state index is -2.03. The Hall–Kier alpha value is -4.93. The Morgan fingerprint density at radius 3 is 1.88 bits per heavy atom. The maximum atomic E-state index is 13.1. The average molecular weight is 785 g/mol. The van der Waals surface area contributed by atoms with Crippen LogP contribution in [0.4, 0.5) is 0 Å². The highest BCUT2D eigenvalue weighted by Gasteiger charge is 2.57. The lowest BCUT2D eigenvalue weighted by atomic mass is 9.85. The predicted octanol–water partition coefficient (Wildman–Crippen LogP) is 8.97. The zero-order chi connectivity index (χ0) is 40.6. The Morgan fingerprint density at radius 2 is 1.29 bits per heavy atom. The number of carbonyl (C=O) groups is 1. The summed E-state index contributed by atoms with van der Waals surface area (Å²) in [6, 6.07) is 44.1. The Balaban J connectivity index is 1.33. The number of carbonyl (C=O) groups excluding carboxylic acids is 1. The van der Waals surface area contributed by atoms with Crippen molar-refractivity contribution in [3.63, 3.8) is 0 Å². The minimum Gasteiger partial charge on any atom is -0.463 e. The molecule has 0 aromatic heterocycles. The zero-order valence-electron chi connectivity index (χ0n) is 33.7. The van der Waals surface area contributed by atoms with Crippen LogP contribution in [0.2, 0.25) is 0 Å². The van der Waals surface area contributed by atoms with Crippen LogP contribution in [0.1, 0.15) is 64.3 Å². The van der Waals surface area contributed by atoms with Gasteiger partial charge in [0, 0.05) is 19.1 Å². The van der Waals surface area contributed by atoms with E-state index >= 15 is 0 Å². The molecule has 0 spiro atoms. The van der Waals surface area contributed by atoms with Gasteiger partial charge in [-0.1, -0.05) is 133 Å². The molecule has 6 rings (SSSR count). The van der Waals surface area contributed by atoms with E-state index in [9.17, 15) is 9.90 Å². The van der Waals surface area contributed by atoms with E-state index in [4.69, 9.17) is 28.4 Å². The van der Waals surface area contributed by atoms with Crippen LogP contribution in [0, 0.1) is 6.92 Å². The molecule has 1 saturated heterocycles. The summed E-state index contributed by atoms with van der Waals surface area (Å²) in [5, 5.41) is 13.1. The van der Waals surface area contributed by atoms with E-state index < -0.39 is 36.2 Å². The van der Waals surface area contributed by atoms with E-state index in [1.54, 1.807) is 6.08 Å². The summed E-state index contributed by atoms with van der Waals surface area (Å²) in [5.74, 6) is -2.51. The van der Waals surface area contributed by atoms with Crippen molar-refractivity contribution in [2.75, 3.05) is 19.8 Å². The summed E-state index contributed by atoms with van der Waals surface area (Å²) in [5.41, 5.74) is 7.86. The van der Waals surface area contributed by atoms with Crippen LogP contribution in [-0.2, 0) is 71.7 Å². The quantitative estimate of drug-likeness (QED) is 0.0448. The number of esters is 1. The first-order valence-electron chi connectivity index (χ1n) is 20.2. The molecule has 8 heteroatoms. The molecule has 1 fully saturated rings. The summed E-state index contributed by atoms with van der Waals surface area (Å²) < 4.78 is 38.1. The number of hydrogen-bond acceptors (Lipinski definition) is 8. The highest BCUT2D eigenvalue weighted by molar-refractivity contribution is 5.65. The highest BCUT2D eigenvalue weighted by Crippen LogP contribution is 2.42. The van der Waals surface area contributed by atoms with Gasteiger partial charge in [0.25, 0.3) is 0 Å². The van der Waals surface area contributed by atoms with Crippen LogP contribution < -0.4 is 0 Å². The van der Waals surface area contributed by atoms with Crippen LogP contribution in [0.3, 0.4) is 0 Å². The van der Waals surface area contributed by atoms with Crippen molar-refractivity contribution in [3.8, 4) is 0 Å². The van der Waals surface area contributed by atoms with Gasteiger partial charge in [-0.3, -0.25) is 4.79 Å². The van der Waals surface area contributed by atoms with Gasteiger partial charge in [0.15, 0.2) is 0 Å². The van der Waals surface area contributed by atoms with Crippen molar-refractivity contribution in [1.82, 2.24) is 0 Å². The number of hydrogen-bond donors (Lipinski definition) is 1. The van der Waals surface area contributed by atoms with Crippen LogP contribution in [0.15, 0.2) is 146 Å². The first-order valence-corrected chi connectivity index (χ1v) is 20.2. The fraction of sp³-hybridized carbons (Fsp3) is 0.340. The summed E-state index contributed by atoms with van der Waals surface area (Å²) in [4.78, 5) is 12.3. The second kappa shape index (κ2) is 21.7. The van der Waals surface area contributed by atoms with E-state index in [2.05, 4.69) is 37.8 Å². The van der Waals surface area contributed by atoms with Gasteiger partial charge in [-0.25, -0.2) is 0 Å². The number of benzene rings is 5. The zero-order valence-corrected chi connectivity index (χ0v) is 33.7. The van der Waals surface area contributed by atoms with E-state index in [0.29, 0.717) is 18.6 Å². The lowest BCUT2D eigenvalue weighted by Gasteiger charge is -2.50. The highest BCUT2D eigenvalue weighted by atomic mass is 16.7. The molecule has 58 heavy (non-hydrogen) atoms. The summed E-state index contributed by atoms with van der Waals surface area (Å²) in [6.45, 7) is 8.90. The molecule has 1 heterocycles. The summed E-state index contributed by atoms with van der Waals surface area (Å²) in [6.07, 6.45) is 1.82. The predicted molar refractivity (Wildman–Crippen MR) is 225 cm³/mol. The third-order valence-electron chi connectivity index (χ3n) is 10.4. The van der Waals surface area contributed by atoms with E-state index in [1.165, 1.54) is 12.5 Å². The van der Waals surface area contributed by atoms with Crippen molar-refractivity contribution in [3.05, 3.63) is 191 Å². The first kappa shape index (κ1) is 42.7. The van der Waals surface area contributed by atoms with Crippen LogP contribution in [-0.4, -0.2) is 55.3 Å². The molecule has 0 aliphatic carbocycles. The second-order valence-corrected chi connectivity index (χ2v) is 14.9. The molecule has 0 amide bonds. The van der Waals surface area contributed by atoms with Gasteiger partial charge in [-0.05, 0) is 77.6 Å². The van der Waals surface area contributed by atoms with Gasteiger partial charge in [0.2, 0.25) is 5.79 Å². The Kier molecular flexibility index (Phi) is 16.0. The third kappa shape index (κ3) is 12.1. The van der Waals surface area contributed by atoms with E-state index in [1.807, 2.05) is 109 Å². The van der Waals surface area contributed by atoms with Crippen molar-refractivity contribution in [2.24, 2.45) is 0 Å². The molecule has 1 aliphatic heterocycles. The van der Waals surface area contributed by atoms with Crippen molar-refractivity contribution in [1.29, 1.82) is 0 Å². The van der Waals surface area contributed by atoms with Crippen LogP contribution in [0.5, 0.6) is 0 Å². The van der Waals surface area contributed by atoms with Gasteiger partial charge in [0.1, 0.15) is 31.0 Å². The third-order valence-corrected chi connectivity index (χ3v) is 10.4. The standard InChI is InChI=1S/C50H56O8/c1-4-29-53-30-15-14-16-39-24-26-40(27-25-39)31-44-32-45(28-23-37(44)2)50(52)49(57-35-43-21-12-7-13-22-43)48(56-34-42-19-10-6-11-20-42)47(46(58-50)36-54-38(3)51)55-33-41-17-8-5-9-18-41/h4-13,17-28,32,46-49,52H,1,14-16,29-31,33-36H2,2-3H3/t46-,47-,48+,49-,50+/m1/s1. The normalized spacial score (nSPS) is 20.4. The number of ether oxygens (including phenoxy) is 6. The lowest BCUT2D eigenvalue weighted by molar-refractivity contribution is -0.377. The fourth-order valence-corrected chi connectivity index (χ4v) is 7.25. The molecule has 5 atom stereocenters. The number of unbranched alkanes of at least 4 members (excludes halogenated alkanes) is 1.